The van der Waals surface area contributed by atoms with Gasteiger partial charge in [-0.1, -0.05) is 12.7 Å². The fraction of sp³-hybridized carbons (Fsp3) is 0.200. The SMILES string of the molecule is C=Cc1cc(Br)c(OC)c(OC)c1. The number of benzene rings is 1. The summed E-state index contributed by atoms with van der Waals surface area (Å²) in [4.78, 5) is 0. The highest BCUT2D eigenvalue weighted by Crippen LogP contribution is 2.36. The molecule has 0 heterocycles. The highest BCUT2D eigenvalue weighted by molar-refractivity contribution is 9.10. The maximum Gasteiger partial charge on any atom is 0.174 e. The molecule has 0 bridgehead atoms. The molecule has 0 aliphatic heterocycles. The van der Waals surface area contributed by atoms with Gasteiger partial charge < -0.3 is 9.47 Å². The van der Waals surface area contributed by atoms with E-state index < -0.39 is 0 Å². The van der Waals surface area contributed by atoms with Crippen molar-refractivity contribution in [2.75, 3.05) is 14.2 Å². The predicted molar refractivity (Wildman–Crippen MR) is 57.3 cm³/mol. The first-order valence-corrected chi connectivity index (χ1v) is 4.56. The van der Waals surface area contributed by atoms with Gasteiger partial charge in [-0.05, 0) is 33.6 Å². The van der Waals surface area contributed by atoms with Crippen molar-refractivity contribution in [3.8, 4) is 11.5 Å². The lowest BCUT2D eigenvalue weighted by Gasteiger charge is -2.10. The van der Waals surface area contributed by atoms with Gasteiger partial charge in [-0.3, -0.25) is 0 Å². The Bertz CT molecular complexity index is 321. The van der Waals surface area contributed by atoms with Gasteiger partial charge in [0.1, 0.15) is 0 Å². The van der Waals surface area contributed by atoms with Crippen LogP contribution in [0.2, 0.25) is 0 Å². The van der Waals surface area contributed by atoms with E-state index in [9.17, 15) is 0 Å². The molecule has 0 amide bonds. The molecule has 0 saturated heterocycles. The second-order valence-corrected chi connectivity index (χ2v) is 3.30. The quantitative estimate of drug-likeness (QED) is 0.812. The molecule has 0 fully saturated rings. The summed E-state index contributed by atoms with van der Waals surface area (Å²) < 4.78 is 11.2. The molecule has 1 aromatic carbocycles. The molecule has 3 heteroatoms. The molecular formula is C10H11BrO2. The molecule has 0 N–H and O–H groups in total. The molecule has 0 aromatic heterocycles. The van der Waals surface area contributed by atoms with E-state index in [0.717, 1.165) is 10.0 Å². The molecule has 0 unspecified atom stereocenters. The average Bonchev–Trinajstić information content (AvgIpc) is 2.16. The predicted octanol–water partition coefficient (Wildman–Crippen LogP) is 3.11. The molecule has 13 heavy (non-hydrogen) atoms. The van der Waals surface area contributed by atoms with Gasteiger partial charge in [0.2, 0.25) is 0 Å². The Kier molecular flexibility index (Phi) is 3.37. The van der Waals surface area contributed by atoms with E-state index in [1.807, 2.05) is 12.1 Å². The third-order valence-corrected chi connectivity index (χ3v) is 2.28. The Morgan fingerprint density at radius 3 is 2.46 bits per heavy atom. The van der Waals surface area contributed by atoms with Crippen molar-refractivity contribution in [3.63, 3.8) is 0 Å². The van der Waals surface area contributed by atoms with E-state index in [0.29, 0.717) is 11.5 Å². The molecule has 0 aliphatic carbocycles. The Morgan fingerprint density at radius 2 is 2.00 bits per heavy atom. The number of hydrogen-bond donors (Lipinski definition) is 0. The van der Waals surface area contributed by atoms with Gasteiger partial charge in [0.25, 0.3) is 0 Å². The summed E-state index contributed by atoms with van der Waals surface area (Å²) in [6, 6.07) is 3.80. The molecule has 0 spiro atoms. The van der Waals surface area contributed by atoms with Crippen LogP contribution in [0.3, 0.4) is 0 Å². The van der Waals surface area contributed by atoms with Crippen LogP contribution in [-0.4, -0.2) is 14.2 Å². The van der Waals surface area contributed by atoms with Crippen LogP contribution >= 0.6 is 15.9 Å². The third kappa shape index (κ3) is 2.04. The molecule has 2 nitrogen and oxygen atoms in total. The average molecular weight is 243 g/mol. The van der Waals surface area contributed by atoms with E-state index in [1.54, 1.807) is 20.3 Å². The fourth-order valence-electron chi connectivity index (χ4n) is 1.06. The van der Waals surface area contributed by atoms with Crippen LogP contribution < -0.4 is 9.47 Å². The number of halogens is 1. The van der Waals surface area contributed by atoms with E-state index in [4.69, 9.17) is 9.47 Å². The molecule has 0 saturated carbocycles. The van der Waals surface area contributed by atoms with E-state index in [-0.39, 0.29) is 0 Å². The summed E-state index contributed by atoms with van der Waals surface area (Å²) in [5.41, 5.74) is 0.990. The van der Waals surface area contributed by atoms with Crippen molar-refractivity contribution in [1.29, 1.82) is 0 Å². The topological polar surface area (TPSA) is 18.5 Å². The molecule has 1 rings (SSSR count). The Labute approximate surface area is 86.3 Å². The number of rotatable bonds is 3. The Morgan fingerprint density at radius 1 is 1.31 bits per heavy atom. The van der Waals surface area contributed by atoms with Crippen LogP contribution in [0.4, 0.5) is 0 Å². The second kappa shape index (κ2) is 4.33. The summed E-state index contributed by atoms with van der Waals surface area (Å²) in [5, 5.41) is 0. The molecule has 0 atom stereocenters. The summed E-state index contributed by atoms with van der Waals surface area (Å²) in [7, 11) is 3.22. The lowest BCUT2D eigenvalue weighted by molar-refractivity contribution is 0.353. The minimum Gasteiger partial charge on any atom is -0.493 e. The number of ether oxygens (including phenoxy) is 2. The molecular weight excluding hydrogens is 232 g/mol. The molecule has 0 radical (unpaired) electrons. The van der Waals surface area contributed by atoms with Gasteiger partial charge in [-0.25, -0.2) is 0 Å². The fourth-order valence-corrected chi connectivity index (χ4v) is 1.68. The standard InChI is InChI=1S/C10H11BrO2/c1-4-7-5-8(11)10(13-3)9(6-7)12-2/h4-6H,1H2,2-3H3. The second-order valence-electron chi connectivity index (χ2n) is 2.44. The van der Waals surface area contributed by atoms with Crippen LogP contribution in [0.15, 0.2) is 23.2 Å². The summed E-state index contributed by atoms with van der Waals surface area (Å²) in [5.74, 6) is 1.40. The zero-order valence-electron chi connectivity index (χ0n) is 7.63. The first-order chi connectivity index (χ1) is 6.22. The van der Waals surface area contributed by atoms with E-state index in [2.05, 4.69) is 22.5 Å². The van der Waals surface area contributed by atoms with Gasteiger partial charge in [0, 0.05) is 0 Å². The molecule has 70 valence electrons. The summed E-state index contributed by atoms with van der Waals surface area (Å²) in [6.45, 7) is 3.69. The van der Waals surface area contributed by atoms with Gasteiger partial charge in [-0.2, -0.15) is 0 Å². The van der Waals surface area contributed by atoms with Crippen molar-refractivity contribution < 1.29 is 9.47 Å². The lowest BCUT2D eigenvalue weighted by atomic mass is 10.2. The summed E-state index contributed by atoms with van der Waals surface area (Å²) >= 11 is 3.39. The van der Waals surface area contributed by atoms with Gasteiger partial charge in [-0.15, -0.1) is 0 Å². The first kappa shape index (κ1) is 10.1. The van der Waals surface area contributed by atoms with Crippen LogP contribution in [0.5, 0.6) is 11.5 Å². The monoisotopic (exact) mass is 242 g/mol. The zero-order valence-corrected chi connectivity index (χ0v) is 9.22. The molecule has 1 aromatic rings. The highest BCUT2D eigenvalue weighted by atomic mass is 79.9. The summed E-state index contributed by atoms with van der Waals surface area (Å²) in [6.07, 6.45) is 1.76. The van der Waals surface area contributed by atoms with E-state index >= 15 is 0 Å². The van der Waals surface area contributed by atoms with Crippen LogP contribution in [-0.2, 0) is 0 Å². The van der Waals surface area contributed by atoms with Crippen molar-refractivity contribution in [3.05, 3.63) is 28.7 Å². The minimum atomic E-state index is 0.701. The first-order valence-electron chi connectivity index (χ1n) is 3.77. The Hall–Kier alpha value is -0.960. The maximum atomic E-state index is 5.16. The van der Waals surface area contributed by atoms with E-state index in [1.165, 1.54) is 0 Å². The number of methoxy groups -OCH3 is 2. The van der Waals surface area contributed by atoms with Crippen molar-refractivity contribution in [2.45, 2.75) is 0 Å². The minimum absolute atomic E-state index is 0.701. The van der Waals surface area contributed by atoms with Crippen LogP contribution in [0, 0.1) is 0 Å². The van der Waals surface area contributed by atoms with Crippen molar-refractivity contribution in [2.24, 2.45) is 0 Å². The Balaban J connectivity index is 3.28. The van der Waals surface area contributed by atoms with Crippen LogP contribution in [0.1, 0.15) is 5.56 Å². The third-order valence-electron chi connectivity index (χ3n) is 1.69. The zero-order chi connectivity index (χ0) is 9.84. The maximum absolute atomic E-state index is 5.16. The molecule has 0 aliphatic rings. The van der Waals surface area contributed by atoms with Crippen molar-refractivity contribution >= 4 is 22.0 Å². The van der Waals surface area contributed by atoms with Gasteiger partial charge in [0.05, 0.1) is 18.7 Å². The highest BCUT2D eigenvalue weighted by Gasteiger charge is 2.08. The van der Waals surface area contributed by atoms with Gasteiger partial charge >= 0.3 is 0 Å². The smallest absolute Gasteiger partial charge is 0.174 e. The van der Waals surface area contributed by atoms with Gasteiger partial charge in [0.15, 0.2) is 11.5 Å². The normalized spacial score (nSPS) is 9.46. The van der Waals surface area contributed by atoms with Crippen LogP contribution in [0.25, 0.3) is 6.08 Å². The largest absolute Gasteiger partial charge is 0.493 e. The van der Waals surface area contributed by atoms with Crippen molar-refractivity contribution in [1.82, 2.24) is 0 Å². The lowest BCUT2D eigenvalue weighted by Crippen LogP contribution is -1.92. The number of hydrogen-bond acceptors (Lipinski definition) is 2.